The first-order valence-corrected chi connectivity index (χ1v) is 7.62. The third-order valence-electron chi connectivity index (χ3n) is 4.56. The van der Waals surface area contributed by atoms with Gasteiger partial charge in [0.05, 0.1) is 34.5 Å². The number of aryl methyl sites for hydroxylation is 3. The van der Waals surface area contributed by atoms with Gasteiger partial charge in [-0.15, -0.1) is 0 Å². The third kappa shape index (κ3) is 1.81. The first-order valence-electron chi connectivity index (χ1n) is 7.62. The van der Waals surface area contributed by atoms with E-state index in [9.17, 15) is 0 Å². The number of methoxy groups -OCH3 is 1. The van der Waals surface area contributed by atoms with Crippen molar-refractivity contribution in [1.82, 2.24) is 9.97 Å². The van der Waals surface area contributed by atoms with E-state index in [0.29, 0.717) is 0 Å². The molecular weight excluding hydrogens is 286 g/mol. The molecular formula is C19H18N3O+. The fourth-order valence-electron chi connectivity index (χ4n) is 3.51. The van der Waals surface area contributed by atoms with Crippen LogP contribution >= 0.6 is 0 Å². The summed E-state index contributed by atoms with van der Waals surface area (Å²) in [6, 6.07) is 8.36. The molecule has 2 aromatic carbocycles. The minimum atomic E-state index is 0.849. The summed E-state index contributed by atoms with van der Waals surface area (Å²) >= 11 is 0. The molecule has 114 valence electrons. The Morgan fingerprint density at radius 2 is 1.83 bits per heavy atom. The first-order chi connectivity index (χ1) is 11.1. The molecule has 2 heterocycles. The fourth-order valence-corrected chi connectivity index (χ4v) is 3.51. The average molecular weight is 304 g/mol. The van der Waals surface area contributed by atoms with Crippen molar-refractivity contribution in [2.75, 3.05) is 7.11 Å². The lowest BCUT2D eigenvalue weighted by Gasteiger charge is -2.13. The highest BCUT2D eigenvalue weighted by Crippen LogP contribution is 2.39. The van der Waals surface area contributed by atoms with Gasteiger partial charge < -0.3 is 4.74 Å². The van der Waals surface area contributed by atoms with Crippen molar-refractivity contribution in [3.63, 3.8) is 0 Å². The summed E-state index contributed by atoms with van der Waals surface area (Å²) in [6.07, 6.45) is 3.70. The zero-order valence-corrected chi connectivity index (χ0v) is 13.7. The number of nitrogens with zero attached hydrogens (tertiary/aromatic N) is 3. The molecule has 0 atom stereocenters. The van der Waals surface area contributed by atoms with E-state index in [4.69, 9.17) is 4.74 Å². The predicted octanol–water partition coefficient (Wildman–Crippen LogP) is 3.39. The Hall–Kier alpha value is -2.75. The van der Waals surface area contributed by atoms with Gasteiger partial charge in [-0.1, -0.05) is 6.07 Å². The van der Waals surface area contributed by atoms with Crippen LogP contribution in [0.2, 0.25) is 0 Å². The van der Waals surface area contributed by atoms with E-state index in [1.54, 1.807) is 13.4 Å². The Bertz CT molecular complexity index is 1090. The summed E-state index contributed by atoms with van der Waals surface area (Å²) in [6.45, 7) is 4.17. The third-order valence-corrected chi connectivity index (χ3v) is 4.56. The lowest BCUT2D eigenvalue weighted by Crippen LogP contribution is -2.28. The molecule has 0 N–H and O–H groups in total. The first kappa shape index (κ1) is 13.9. The second kappa shape index (κ2) is 4.88. The summed E-state index contributed by atoms with van der Waals surface area (Å²) < 4.78 is 7.79. The molecule has 0 radical (unpaired) electrons. The molecule has 0 aliphatic heterocycles. The standard InChI is InChI=1S/C19H18N3O/c1-11-7-8-14(23-4)17-15(11)13-6-5-9-22(3)19(13)16-12(2)20-10-21-18(16)17/h5-10H,1-4H3/q+1. The van der Waals surface area contributed by atoms with Crippen molar-refractivity contribution >= 4 is 32.6 Å². The van der Waals surface area contributed by atoms with Gasteiger partial charge in [0, 0.05) is 11.5 Å². The summed E-state index contributed by atoms with van der Waals surface area (Å²) in [5, 5.41) is 4.54. The number of ether oxygens (including phenoxy) is 1. The summed E-state index contributed by atoms with van der Waals surface area (Å²) in [5.74, 6) is 0.849. The molecule has 0 saturated heterocycles. The van der Waals surface area contributed by atoms with Crippen molar-refractivity contribution in [2.45, 2.75) is 13.8 Å². The fraction of sp³-hybridized carbons (Fsp3) is 0.211. The van der Waals surface area contributed by atoms with E-state index in [-0.39, 0.29) is 0 Å². The van der Waals surface area contributed by atoms with E-state index in [0.717, 1.165) is 33.2 Å². The average Bonchev–Trinajstić information content (AvgIpc) is 2.55. The highest BCUT2D eigenvalue weighted by Gasteiger charge is 2.21. The van der Waals surface area contributed by atoms with Crippen LogP contribution in [0.25, 0.3) is 32.6 Å². The molecule has 23 heavy (non-hydrogen) atoms. The Morgan fingerprint density at radius 3 is 2.61 bits per heavy atom. The minimum absolute atomic E-state index is 0.849. The molecule has 4 aromatic rings. The molecule has 0 amide bonds. The summed E-state index contributed by atoms with van der Waals surface area (Å²) in [7, 11) is 3.77. The maximum absolute atomic E-state index is 5.64. The van der Waals surface area contributed by atoms with E-state index in [1.165, 1.54) is 16.3 Å². The van der Waals surface area contributed by atoms with Crippen LogP contribution in [0, 0.1) is 13.8 Å². The molecule has 4 heteroatoms. The van der Waals surface area contributed by atoms with Crippen LogP contribution in [0.1, 0.15) is 11.3 Å². The van der Waals surface area contributed by atoms with Gasteiger partial charge in [-0.2, -0.15) is 0 Å². The van der Waals surface area contributed by atoms with Gasteiger partial charge in [-0.3, -0.25) is 0 Å². The molecule has 0 aliphatic rings. The lowest BCUT2D eigenvalue weighted by atomic mass is 9.95. The van der Waals surface area contributed by atoms with Crippen LogP contribution in [-0.4, -0.2) is 17.1 Å². The van der Waals surface area contributed by atoms with E-state index in [1.807, 2.05) is 13.0 Å². The van der Waals surface area contributed by atoms with Gasteiger partial charge in [0.15, 0.2) is 6.20 Å². The van der Waals surface area contributed by atoms with Gasteiger partial charge in [0.25, 0.3) is 0 Å². The minimum Gasteiger partial charge on any atom is -0.496 e. The van der Waals surface area contributed by atoms with Crippen LogP contribution in [-0.2, 0) is 7.05 Å². The van der Waals surface area contributed by atoms with Crippen molar-refractivity contribution in [2.24, 2.45) is 7.05 Å². The molecule has 2 aromatic heterocycles. The largest absolute Gasteiger partial charge is 0.496 e. The Labute approximate surface area is 134 Å². The Kier molecular flexibility index (Phi) is 2.94. The second-order valence-electron chi connectivity index (χ2n) is 5.90. The number of hydrogen-bond acceptors (Lipinski definition) is 3. The van der Waals surface area contributed by atoms with Crippen LogP contribution in [0.5, 0.6) is 5.75 Å². The molecule has 4 nitrogen and oxygen atoms in total. The van der Waals surface area contributed by atoms with Gasteiger partial charge >= 0.3 is 0 Å². The van der Waals surface area contributed by atoms with Gasteiger partial charge in [0.2, 0.25) is 5.52 Å². The second-order valence-corrected chi connectivity index (χ2v) is 5.90. The van der Waals surface area contributed by atoms with E-state index >= 15 is 0 Å². The number of fused-ring (bicyclic) bond motifs is 6. The molecule has 0 fully saturated rings. The van der Waals surface area contributed by atoms with Crippen molar-refractivity contribution in [3.8, 4) is 5.75 Å². The highest BCUT2D eigenvalue weighted by atomic mass is 16.5. The maximum Gasteiger partial charge on any atom is 0.224 e. The molecule has 0 spiro atoms. The zero-order chi connectivity index (χ0) is 16.1. The molecule has 0 unspecified atom stereocenters. The SMILES string of the molecule is COc1ccc(C)c2c3ccc[n+](C)c3c3c(C)ncnc3c12. The van der Waals surface area contributed by atoms with Crippen LogP contribution in [0.3, 0.4) is 0 Å². The van der Waals surface area contributed by atoms with Crippen molar-refractivity contribution < 1.29 is 9.30 Å². The molecule has 4 rings (SSSR count). The number of benzene rings is 2. The monoisotopic (exact) mass is 304 g/mol. The number of rotatable bonds is 1. The quantitative estimate of drug-likeness (QED) is 0.400. The van der Waals surface area contributed by atoms with Crippen LogP contribution in [0.4, 0.5) is 0 Å². The van der Waals surface area contributed by atoms with E-state index in [2.05, 4.69) is 52.9 Å². The molecule has 0 aliphatic carbocycles. The Morgan fingerprint density at radius 1 is 1.00 bits per heavy atom. The van der Waals surface area contributed by atoms with Crippen LogP contribution in [0.15, 0.2) is 36.8 Å². The van der Waals surface area contributed by atoms with Gasteiger partial charge in [-0.05, 0) is 31.5 Å². The van der Waals surface area contributed by atoms with E-state index < -0.39 is 0 Å². The van der Waals surface area contributed by atoms with Gasteiger partial charge in [0.1, 0.15) is 19.1 Å². The zero-order valence-electron chi connectivity index (χ0n) is 13.7. The molecule has 0 bridgehead atoms. The topological polar surface area (TPSA) is 38.9 Å². The highest BCUT2D eigenvalue weighted by molar-refractivity contribution is 6.25. The maximum atomic E-state index is 5.64. The lowest BCUT2D eigenvalue weighted by molar-refractivity contribution is -0.644. The van der Waals surface area contributed by atoms with Crippen molar-refractivity contribution in [1.29, 1.82) is 0 Å². The smallest absolute Gasteiger partial charge is 0.224 e. The number of aromatic nitrogens is 3. The number of pyridine rings is 1. The predicted molar refractivity (Wildman–Crippen MR) is 91.8 cm³/mol. The summed E-state index contributed by atoms with van der Waals surface area (Å²) in [5.41, 5.74) is 4.30. The Balaban J connectivity index is 2.50. The van der Waals surface area contributed by atoms with Crippen molar-refractivity contribution in [3.05, 3.63) is 48.0 Å². The summed E-state index contributed by atoms with van der Waals surface area (Å²) in [4.78, 5) is 9.02. The molecule has 0 saturated carbocycles. The van der Waals surface area contributed by atoms with Crippen LogP contribution < -0.4 is 9.30 Å². The number of hydrogen-bond donors (Lipinski definition) is 0. The normalized spacial score (nSPS) is 11.5. The van der Waals surface area contributed by atoms with Gasteiger partial charge in [-0.25, -0.2) is 14.5 Å².